The number of amides is 1. The van der Waals surface area contributed by atoms with Crippen LogP contribution in [-0.4, -0.2) is 55.5 Å². The molecule has 0 bridgehead atoms. The lowest BCUT2D eigenvalue weighted by Crippen LogP contribution is -2.41. The van der Waals surface area contributed by atoms with Gasteiger partial charge in [0.15, 0.2) is 0 Å². The quantitative estimate of drug-likeness (QED) is 0.788. The summed E-state index contributed by atoms with van der Waals surface area (Å²) >= 11 is 0. The average molecular weight is 281 g/mol. The third kappa shape index (κ3) is 2.53. The number of hydrogen-bond donors (Lipinski definition) is 2. The van der Waals surface area contributed by atoms with E-state index in [9.17, 15) is 14.7 Å². The first kappa shape index (κ1) is 14.5. The Kier molecular flexibility index (Phi) is 3.80. The standard InChI is InChI=1S/C13H19N3O4/c1-7-10(8(2)15(3)14-7)5-12(18)16-6-9(17)4-11(16)13(19)20/h9,11,17H,4-6H2,1-3H3,(H,19,20). The summed E-state index contributed by atoms with van der Waals surface area (Å²) in [4.78, 5) is 24.7. The fourth-order valence-electron chi connectivity index (χ4n) is 2.65. The Balaban J connectivity index is 2.17. The zero-order valence-electron chi connectivity index (χ0n) is 11.8. The van der Waals surface area contributed by atoms with Crippen LogP contribution in [0.1, 0.15) is 23.4 Å². The molecule has 0 saturated carbocycles. The Morgan fingerprint density at radius 1 is 1.40 bits per heavy atom. The van der Waals surface area contributed by atoms with Gasteiger partial charge in [-0.25, -0.2) is 4.79 Å². The van der Waals surface area contributed by atoms with E-state index in [1.165, 1.54) is 4.90 Å². The molecule has 0 aliphatic carbocycles. The van der Waals surface area contributed by atoms with Gasteiger partial charge in [0.1, 0.15) is 6.04 Å². The molecule has 2 heterocycles. The Hall–Kier alpha value is -1.89. The van der Waals surface area contributed by atoms with E-state index in [0.717, 1.165) is 17.0 Å². The highest BCUT2D eigenvalue weighted by molar-refractivity contribution is 5.86. The van der Waals surface area contributed by atoms with Crippen molar-refractivity contribution < 1.29 is 19.8 Å². The van der Waals surface area contributed by atoms with E-state index in [4.69, 9.17) is 5.11 Å². The molecule has 1 aromatic heterocycles. The molecule has 1 aliphatic heterocycles. The van der Waals surface area contributed by atoms with Gasteiger partial charge >= 0.3 is 5.97 Å². The molecule has 2 unspecified atom stereocenters. The van der Waals surface area contributed by atoms with Crippen LogP contribution in [-0.2, 0) is 23.1 Å². The van der Waals surface area contributed by atoms with Gasteiger partial charge in [-0.2, -0.15) is 5.10 Å². The SMILES string of the molecule is Cc1nn(C)c(C)c1CC(=O)N1CC(O)CC1C(=O)O. The number of carbonyl (C=O) groups excluding carboxylic acids is 1. The summed E-state index contributed by atoms with van der Waals surface area (Å²) in [5.74, 6) is -1.36. The summed E-state index contributed by atoms with van der Waals surface area (Å²) in [5.41, 5.74) is 2.48. The minimum atomic E-state index is -1.07. The fraction of sp³-hybridized carbons (Fsp3) is 0.615. The van der Waals surface area contributed by atoms with Crippen molar-refractivity contribution in [1.82, 2.24) is 14.7 Å². The van der Waals surface area contributed by atoms with Crippen LogP contribution in [0.4, 0.5) is 0 Å². The van der Waals surface area contributed by atoms with Crippen molar-refractivity contribution in [3.8, 4) is 0 Å². The third-order valence-corrected chi connectivity index (χ3v) is 3.87. The molecular weight excluding hydrogens is 262 g/mol. The fourth-order valence-corrected chi connectivity index (χ4v) is 2.65. The molecule has 0 radical (unpaired) electrons. The molecule has 2 rings (SSSR count). The van der Waals surface area contributed by atoms with Gasteiger partial charge in [0.25, 0.3) is 0 Å². The highest BCUT2D eigenvalue weighted by Gasteiger charge is 2.39. The second kappa shape index (κ2) is 5.24. The van der Waals surface area contributed by atoms with Gasteiger partial charge in [-0.3, -0.25) is 9.48 Å². The number of likely N-dealkylation sites (tertiary alicyclic amines) is 1. The largest absolute Gasteiger partial charge is 0.480 e. The van der Waals surface area contributed by atoms with Crippen LogP contribution in [0, 0.1) is 13.8 Å². The number of hydrogen-bond acceptors (Lipinski definition) is 4. The van der Waals surface area contributed by atoms with Gasteiger partial charge < -0.3 is 15.1 Å². The second-order valence-electron chi connectivity index (χ2n) is 5.24. The summed E-state index contributed by atoms with van der Waals surface area (Å²) in [5, 5.41) is 22.9. The van der Waals surface area contributed by atoms with Crippen molar-refractivity contribution in [3.63, 3.8) is 0 Å². The molecule has 0 spiro atoms. The minimum absolute atomic E-state index is 0.0775. The maximum absolute atomic E-state index is 12.3. The van der Waals surface area contributed by atoms with Gasteiger partial charge in [-0.05, 0) is 13.8 Å². The number of aliphatic hydroxyl groups excluding tert-OH is 1. The molecular formula is C13H19N3O4. The molecule has 20 heavy (non-hydrogen) atoms. The number of aromatic nitrogens is 2. The van der Waals surface area contributed by atoms with Crippen LogP contribution < -0.4 is 0 Å². The van der Waals surface area contributed by atoms with Crippen molar-refractivity contribution >= 4 is 11.9 Å². The topological polar surface area (TPSA) is 95.7 Å². The number of aryl methyl sites for hydroxylation is 2. The number of aliphatic hydroxyl groups is 1. The number of carboxylic acids is 1. The number of rotatable bonds is 3. The van der Waals surface area contributed by atoms with E-state index in [1.54, 1.807) is 11.7 Å². The average Bonchev–Trinajstić information content (AvgIpc) is 2.85. The number of nitrogens with zero attached hydrogens (tertiary/aromatic N) is 3. The molecule has 7 nitrogen and oxygen atoms in total. The van der Waals surface area contributed by atoms with Crippen LogP contribution in [0.3, 0.4) is 0 Å². The highest BCUT2D eigenvalue weighted by Crippen LogP contribution is 2.21. The van der Waals surface area contributed by atoms with Gasteiger partial charge in [-0.1, -0.05) is 0 Å². The zero-order chi connectivity index (χ0) is 15.0. The summed E-state index contributed by atoms with van der Waals surface area (Å²) in [6.45, 7) is 3.77. The van der Waals surface area contributed by atoms with Crippen LogP contribution in [0.5, 0.6) is 0 Å². The number of carboxylic acid groups (broad SMARTS) is 1. The smallest absolute Gasteiger partial charge is 0.326 e. The molecule has 110 valence electrons. The molecule has 2 N–H and O–H groups in total. The normalized spacial score (nSPS) is 22.3. The van der Waals surface area contributed by atoms with E-state index in [1.807, 2.05) is 13.8 Å². The van der Waals surface area contributed by atoms with E-state index in [-0.39, 0.29) is 25.3 Å². The van der Waals surface area contributed by atoms with E-state index in [0.29, 0.717) is 0 Å². The molecule has 1 fully saturated rings. The molecule has 1 aliphatic rings. The summed E-state index contributed by atoms with van der Waals surface area (Å²) in [6.07, 6.45) is -0.565. The van der Waals surface area contributed by atoms with Crippen molar-refractivity contribution in [2.45, 2.75) is 38.8 Å². The lowest BCUT2D eigenvalue weighted by atomic mass is 10.1. The van der Waals surface area contributed by atoms with Crippen molar-refractivity contribution in [2.75, 3.05) is 6.54 Å². The molecule has 1 amide bonds. The van der Waals surface area contributed by atoms with Gasteiger partial charge in [-0.15, -0.1) is 0 Å². The number of aliphatic carboxylic acids is 1. The molecule has 1 saturated heterocycles. The third-order valence-electron chi connectivity index (χ3n) is 3.87. The van der Waals surface area contributed by atoms with Crippen LogP contribution in [0.15, 0.2) is 0 Å². The molecule has 1 aromatic rings. The second-order valence-corrected chi connectivity index (χ2v) is 5.24. The first-order chi connectivity index (χ1) is 9.31. The van der Waals surface area contributed by atoms with E-state index in [2.05, 4.69) is 5.10 Å². The van der Waals surface area contributed by atoms with Gasteiger partial charge in [0.05, 0.1) is 18.2 Å². The Bertz CT molecular complexity index is 552. The summed E-state index contributed by atoms with van der Waals surface area (Å²) in [7, 11) is 1.80. The van der Waals surface area contributed by atoms with Crippen LogP contribution >= 0.6 is 0 Å². The van der Waals surface area contributed by atoms with Crippen molar-refractivity contribution in [1.29, 1.82) is 0 Å². The van der Waals surface area contributed by atoms with Gasteiger partial charge in [0.2, 0.25) is 5.91 Å². The Morgan fingerprint density at radius 2 is 2.05 bits per heavy atom. The monoisotopic (exact) mass is 281 g/mol. The van der Waals surface area contributed by atoms with Crippen molar-refractivity contribution in [2.24, 2.45) is 7.05 Å². The predicted molar refractivity (Wildman–Crippen MR) is 70.1 cm³/mol. The summed E-state index contributed by atoms with van der Waals surface area (Å²) < 4.78 is 1.70. The van der Waals surface area contributed by atoms with E-state index < -0.39 is 18.1 Å². The molecule has 2 atom stereocenters. The lowest BCUT2D eigenvalue weighted by Gasteiger charge is -2.21. The first-order valence-electron chi connectivity index (χ1n) is 6.50. The Labute approximate surface area is 116 Å². The van der Waals surface area contributed by atoms with Crippen molar-refractivity contribution in [3.05, 3.63) is 17.0 Å². The summed E-state index contributed by atoms with van der Waals surface area (Å²) in [6, 6.07) is -0.935. The van der Waals surface area contributed by atoms with Crippen LogP contribution in [0.25, 0.3) is 0 Å². The molecule has 7 heteroatoms. The van der Waals surface area contributed by atoms with Crippen LogP contribution in [0.2, 0.25) is 0 Å². The first-order valence-corrected chi connectivity index (χ1v) is 6.50. The highest BCUT2D eigenvalue weighted by atomic mass is 16.4. The van der Waals surface area contributed by atoms with Gasteiger partial charge in [0, 0.05) is 31.3 Å². The molecule has 0 aromatic carbocycles. The number of carbonyl (C=O) groups is 2. The van der Waals surface area contributed by atoms with E-state index >= 15 is 0 Å². The number of β-amino-alcohol motifs (C(OH)–C–C–N with tert-alkyl or cyclic N) is 1. The maximum Gasteiger partial charge on any atom is 0.326 e. The maximum atomic E-state index is 12.3. The minimum Gasteiger partial charge on any atom is -0.480 e. The lowest BCUT2D eigenvalue weighted by molar-refractivity contribution is -0.148. The Morgan fingerprint density at radius 3 is 2.55 bits per heavy atom. The predicted octanol–water partition coefficient (Wildman–Crippen LogP) is -0.374. The zero-order valence-corrected chi connectivity index (χ0v) is 11.8.